The molecule has 0 aliphatic rings. The first-order valence-corrected chi connectivity index (χ1v) is 7.01. The second kappa shape index (κ2) is 8.55. The molecule has 20 heavy (non-hydrogen) atoms. The maximum atomic E-state index is 11.6. The second-order valence-corrected chi connectivity index (χ2v) is 4.68. The van der Waals surface area contributed by atoms with Gasteiger partial charge in [0.25, 0.3) is 0 Å². The van der Waals surface area contributed by atoms with Crippen molar-refractivity contribution in [2.45, 2.75) is 13.8 Å². The number of benzene rings is 1. The SMILES string of the molecule is CCN(CC)CCNC(=O)C(=O)Nc1ccc(Cl)cc1. The smallest absolute Gasteiger partial charge is 0.313 e. The molecule has 2 amide bonds. The lowest BCUT2D eigenvalue weighted by atomic mass is 10.3. The van der Waals surface area contributed by atoms with Gasteiger partial charge in [-0.25, -0.2) is 0 Å². The van der Waals surface area contributed by atoms with Gasteiger partial charge < -0.3 is 15.5 Å². The minimum absolute atomic E-state index is 0.453. The highest BCUT2D eigenvalue weighted by Crippen LogP contribution is 2.12. The van der Waals surface area contributed by atoms with E-state index < -0.39 is 11.8 Å². The van der Waals surface area contributed by atoms with Gasteiger partial charge in [0.05, 0.1) is 0 Å². The number of anilines is 1. The maximum Gasteiger partial charge on any atom is 0.313 e. The van der Waals surface area contributed by atoms with Crippen molar-refractivity contribution in [3.05, 3.63) is 29.3 Å². The van der Waals surface area contributed by atoms with Crippen LogP contribution in [0.5, 0.6) is 0 Å². The molecule has 1 rings (SSSR count). The van der Waals surface area contributed by atoms with Gasteiger partial charge in [0.2, 0.25) is 0 Å². The van der Waals surface area contributed by atoms with Crippen molar-refractivity contribution in [3.63, 3.8) is 0 Å². The van der Waals surface area contributed by atoms with Crippen molar-refractivity contribution in [1.82, 2.24) is 10.2 Å². The molecule has 0 saturated heterocycles. The fraction of sp³-hybridized carbons (Fsp3) is 0.429. The van der Waals surface area contributed by atoms with Crippen LogP contribution in [-0.4, -0.2) is 42.9 Å². The lowest BCUT2D eigenvalue weighted by Gasteiger charge is -2.17. The molecule has 0 fully saturated rings. The standard InChI is InChI=1S/C14H20ClN3O2/c1-3-18(4-2)10-9-16-13(19)14(20)17-12-7-5-11(15)6-8-12/h5-8H,3-4,9-10H2,1-2H3,(H,16,19)(H,17,20). The van der Waals surface area contributed by atoms with Crippen LogP contribution in [0.25, 0.3) is 0 Å². The molecule has 0 unspecified atom stereocenters. The molecule has 0 atom stereocenters. The van der Waals surface area contributed by atoms with E-state index >= 15 is 0 Å². The molecule has 1 aromatic rings. The molecule has 110 valence electrons. The van der Waals surface area contributed by atoms with E-state index in [9.17, 15) is 9.59 Å². The van der Waals surface area contributed by atoms with E-state index in [1.54, 1.807) is 24.3 Å². The predicted octanol–water partition coefficient (Wildman–Crippen LogP) is 1.74. The van der Waals surface area contributed by atoms with Crippen LogP contribution < -0.4 is 10.6 Å². The first kappa shape index (κ1) is 16.5. The van der Waals surface area contributed by atoms with Crippen LogP contribution >= 0.6 is 11.6 Å². The Labute approximate surface area is 124 Å². The van der Waals surface area contributed by atoms with E-state index in [-0.39, 0.29) is 0 Å². The summed E-state index contributed by atoms with van der Waals surface area (Å²) in [5.41, 5.74) is 0.540. The minimum atomic E-state index is -0.674. The third kappa shape index (κ3) is 5.59. The van der Waals surface area contributed by atoms with E-state index in [0.29, 0.717) is 17.3 Å². The normalized spacial score (nSPS) is 10.4. The van der Waals surface area contributed by atoms with Crippen LogP contribution in [0.2, 0.25) is 5.02 Å². The third-order valence-electron chi connectivity index (χ3n) is 2.92. The van der Waals surface area contributed by atoms with Crippen LogP contribution in [-0.2, 0) is 9.59 Å². The highest BCUT2D eigenvalue weighted by Gasteiger charge is 2.13. The Hall–Kier alpha value is -1.59. The third-order valence-corrected chi connectivity index (χ3v) is 3.17. The Morgan fingerprint density at radius 3 is 2.25 bits per heavy atom. The Bertz CT molecular complexity index is 444. The summed E-state index contributed by atoms with van der Waals surface area (Å²) in [5, 5.41) is 5.68. The van der Waals surface area contributed by atoms with Gasteiger partial charge in [0.15, 0.2) is 0 Å². The van der Waals surface area contributed by atoms with Crippen molar-refractivity contribution >= 4 is 29.1 Å². The van der Waals surface area contributed by atoms with Gasteiger partial charge in [-0.3, -0.25) is 9.59 Å². The highest BCUT2D eigenvalue weighted by molar-refractivity contribution is 6.39. The average molecular weight is 298 g/mol. The molecular weight excluding hydrogens is 278 g/mol. The molecule has 6 heteroatoms. The summed E-state index contributed by atoms with van der Waals surface area (Å²) >= 11 is 5.74. The molecule has 0 aromatic heterocycles. The van der Waals surface area contributed by atoms with Crippen molar-refractivity contribution < 1.29 is 9.59 Å². The molecule has 5 nitrogen and oxygen atoms in total. The zero-order chi connectivity index (χ0) is 15.0. The fourth-order valence-corrected chi connectivity index (χ4v) is 1.79. The van der Waals surface area contributed by atoms with E-state index in [4.69, 9.17) is 11.6 Å². The quantitative estimate of drug-likeness (QED) is 0.786. The Kier molecular flexibility index (Phi) is 7.04. The Morgan fingerprint density at radius 1 is 1.10 bits per heavy atom. The van der Waals surface area contributed by atoms with Gasteiger partial charge in [-0.2, -0.15) is 0 Å². The minimum Gasteiger partial charge on any atom is -0.347 e. The summed E-state index contributed by atoms with van der Waals surface area (Å²) < 4.78 is 0. The first-order chi connectivity index (χ1) is 9.56. The number of carbonyl (C=O) groups is 2. The van der Waals surface area contributed by atoms with Crippen molar-refractivity contribution in [3.8, 4) is 0 Å². The first-order valence-electron chi connectivity index (χ1n) is 6.64. The summed E-state index contributed by atoms with van der Waals surface area (Å²) in [7, 11) is 0. The Morgan fingerprint density at radius 2 is 1.70 bits per heavy atom. The number of hydrogen-bond acceptors (Lipinski definition) is 3. The van der Waals surface area contributed by atoms with Crippen LogP contribution in [0.1, 0.15) is 13.8 Å². The van der Waals surface area contributed by atoms with Gasteiger partial charge >= 0.3 is 11.8 Å². The average Bonchev–Trinajstić information content (AvgIpc) is 2.45. The highest BCUT2D eigenvalue weighted by atomic mass is 35.5. The molecule has 0 heterocycles. The molecule has 0 saturated carbocycles. The number of nitrogens with zero attached hydrogens (tertiary/aromatic N) is 1. The summed E-state index contributed by atoms with van der Waals surface area (Å²) in [5.74, 6) is -1.31. The molecule has 0 aliphatic carbocycles. The molecular formula is C14H20ClN3O2. The maximum absolute atomic E-state index is 11.6. The summed E-state index contributed by atoms with van der Waals surface area (Å²) in [4.78, 5) is 25.4. The van der Waals surface area contributed by atoms with E-state index in [2.05, 4.69) is 29.4 Å². The molecule has 2 N–H and O–H groups in total. The number of amides is 2. The van der Waals surface area contributed by atoms with Crippen molar-refractivity contribution in [2.75, 3.05) is 31.5 Å². The van der Waals surface area contributed by atoms with E-state index in [1.165, 1.54) is 0 Å². The molecule has 1 aromatic carbocycles. The Balaban J connectivity index is 2.36. The van der Waals surface area contributed by atoms with Crippen molar-refractivity contribution in [2.24, 2.45) is 0 Å². The number of rotatable bonds is 6. The summed E-state index contributed by atoms with van der Waals surface area (Å²) in [6.07, 6.45) is 0. The van der Waals surface area contributed by atoms with Crippen LogP contribution in [0.15, 0.2) is 24.3 Å². The van der Waals surface area contributed by atoms with E-state index in [0.717, 1.165) is 19.6 Å². The number of likely N-dealkylation sites (N-methyl/N-ethyl adjacent to an activating group) is 1. The topological polar surface area (TPSA) is 61.4 Å². The fourth-order valence-electron chi connectivity index (χ4n) is 1.67. The molecule has 0 spiro atoms. The van der Waals surface area contributed by atoms with Gasteiger partial charge in [-0.05, 0) is 37.4 Å². The van der Waals surface area contributed by atoms with Gasteiger partial charge in [-0.1, -0.05) is 25.4 Å². The summed E-state index contributed by atoms with van der Waals surface area (Å²) in [6.45, 7) is 7.13. The van der Waals surface area contributed by atoms with Crippen LogP contribution in [0.4, 0.5) is 5.69 Å². The number of nitrogens with one attached hydrogen (secondary N) is 2. The van der Waals surface area contributed by atoms with Crippen LogP contribution in [0, 0.1) is 0 Å². The number of halogens is 1. The van der Waals surface area contributed by atoms with Gasteiger partial charge in [0, 0.05) is 23.8 Å². The van der Waals surface area contributed by atoms with Gasteiger partial charge in [-0.15, -0.1) is 0 Å². The lowest BCUT2D eigenvalue weighted by molar-refractivity contribution is -0.136. The zero-order valence-electron chi connectivity index (χ0n) is 11.8. The van der Waals surface area contributed by atoms with Crippen molar-refractivity contribution in [1.29, 1.82) is 0 Å². The number of hydrogen-bond donors (Lipinski definition) is 2. The number of carbonyl (C=O) groups excluding carboxylic acids is 2. The molecule has 0 bridgehead atoms. The molecule has 0 radical (unpaired) electrons. The second-order valence-electron chi connectivity index (χ2n) is 4.24. The predicted molar refractivity (Wildman–Crippen MR) is 80.9 cm³/mol. The monoisotopic (exact) mass is 297 g/mol. The van der Waals surface area contributed by atoms with Crippen LogP contribution in [0.3, 0.4) is 0 Å². The lowest BCUT2D eigenvalue weighted by Crippen LogP contribution is -2.40. The summed E-state index contributed by atoms with van der Waals surface area (Å²) in [6, 6.07) is 6.58. The van der Waals surface area contributed by atoms with E-state index in [1.807, 2.05) is 0 Å². The van der Waals surface area contributed by atoms with Gasteiger partial charge in [0.1, 0.15) is 0 Å². The largest absolute Gasteiger partial charge is 0.347 e. The molecule has 0 aliphatic heterocycles. The zero-order valence-corrected chi connectivity index (χ0v) is 12.5.